The van der Waals surface area contributed by atoms with Crippen LogP contribution in [0.1, 0.15) is 12.1 Å². The van der Waals surface area contributed by atoms with E-state index < -0.39 is 5.97 Å². The molecule has 7 nitrogen and oxygen atoms in total. The maximum Gasteiger partial charge on any atom is 0.304 e. The van der Waals surface area contributed by atoms with Crippen LogP contribution in [0.3, 0.4) is 0 Å². The van der Waals surface area contributed by atoms with Crippen LogP contribution in [0, 0.1) is 6.92 Å². The lowest BCUT2D eigenvalue weighted by atomic mass is 10.3. The molecule has 1 N–H and O–H groups in total. The van der Waals surface area contributed by atoms with Crippen LogP contribution >= 0.6 is 23.1 Å². The van der Waals surface area contributed by atoms with E-state index in [4.69, 9.17) is 5.11 Å². The van der Waals surface area contributed by atoms with E-state index in [1.54, 1.807) is 11.3 Å². The summed E-state index contributed by atoms with van der Waals surface area (Å²) in [6.45, 7) is 2.00. The van der Waals surface area contributed by atoms with Crippen LogP contribution in [0.4, 0.5) is 0 Å². The lowest BCUT2D eigenvalue weighted by Crippen LogP contribution is -1.98. The normalized spacial score (nSPS) is 11.3. The van der Waals surface area contributed by atoms with E-state index in [0.717, 1.165) is 32.3 Å². The van der Waals surface area contributed by atoms with Gasteiger partial charge in [-0.25, -0.2) is 4.68 Å². The lowest BCUT2D eigenvalue weighted by Gasteiger charge is -2.02. The largest absolute Gasteiger partial charge is 0.481 e. The number of thiophene rings is 1. The molecule has 0 aliphatic carbocycles. The first-order valence-corrected chi connectivity index (χ1v) is 10.1. The van der Waals surface area contributed by atoms with E-state index in [1.807, 2.05) is 53.6 Å². The SMILES string of the molecule is Cc1nn(-c2ccccc2)c2sc(-c3nnc(SCCC(=O)O)n3C)cc12. The van der Waals surface area contributed by atoms with Gasteiger partial charge in [-0.2, -0.15) is 5.10 Å². The third-order valence-electron chi connectivity index (χ3n) is 4.15. The Labute approximate surface area is 163 Å². The Morgan fingerprint density at radius 3 is 2.78 bits per heavy atom. The molecular weight excluding hydrogens is 382 g/mol. The smallest absolute Gasteiger partial charge is 0.304 e. The summed E-state index contributed by atoms with van der Waals surface area (Å²) in [5.74, 6) is 0.430. The zero-order chi connectivity index (χ0) is 19.0. The Balaban J connectivity index is 1.69. The highest BCUT2D eigenvalue weighted by Crippen LogP contribution is 2.36. The minimum absolute atomic E-state index is 0.0991. The fourth-order valence-corrected chi connectivity index (χ4v) is 4.83. The molecule has 0 radical (unpaired) electrons. The van der Waals surface area contributed by atoms with Crippen LogP contribution in [0.25, 0.3) is 26.6 Å². The lowest BCUT2D eigenvalue weighted by molar-refractivity contribution is -0.136. The third-order valence-corrected chi connectivity index (χ3v) is 6.28. The van der Waals surface area contributed by atoms with E-state index in [2.05, 4.69) is 21.4 Å². The maximum absolute atomic E-state index is 10.7. The molecule has 138 valence electrons. The molecule has 0 bridgehead atoms. The molecule has 0 saturated carbocycles. The van der Waals surface area contributed by atoms with Crippen molar-refractivity contribution in [3.05, 3.63) is 42.1 Å². The molecular formula is C18H17N5O2S2. The molecule has 0 saturated heterocycles. The predicted octanol–water partition coefficient (Wildman–Crippen LogP) is 3.76. The van der Waals surface area contributed by atoms with Crippen molar-refractivity contribution in [3.8, 4) is 16.4 Å². The first-order valence-electron chi connectivity index (χ1n) is 8.33. The zero-order valence-electron chi connectivity index (χ0n) is 14.8. The van der Waals surface area contributed by atoms with Crippen molar-refractivity contribution < 1.29 is 9.90 Å². The van der Waals surface area contributed by atoms with E-state index in [-0.39, 0.29) is 6.42 Å². The molecule has 0 spiro atoms. The summed E-state index contributed by atoms with van der Waals surface area (Å²) in [5.41, 5.74) is 1.99. The van der Waals surface area contributed by atoms with Crippen molar-refractivity contribution in [1.82, 2.24) is 24.5 Å². The number of carboxylic acids is 1. The van der Waals surface area contributed by atoms with Gasteiger partial charge in [0.15, 0.2) is 11.0 Å². The molecule has 0 aliphatic rings. The van der Waals surface area contributed by atoms with Gasteiger partial charge in [0.1, 0.15) is 4.83 Å². The Bertz CT molecular complexity index is 1110. The number of nitrogens with zero attached hydrogens (tertiary/aromatic N) is 5. The monoisotopic (exact) mass is 399 g/mol. The van der Waals surface area contributed by atoms with Gasteiger partial charge in [0.05, 0.1) is 22.7 Å². The highest BCUT2D eigenvalue weighted by atomic mass is 32.2. The molecule has 0 aliphatic heterocycles. The minimum atomic E-state index is -0.810. The number of benzene rings is 1. The van der Waals surface area contributed by atoms with E-state index in [9.17, 15) is 4.79 Å². The van der Waals surface area contributed by atoms with Gasteiger partial charge in [-0.3, -0.25) is 4.79 Å². The molecule has 4 aromatic rings. The number of fused-ring (bicyclic) bond motifs is 1. The fourth-order valence-electron chi connectivity index (χ4n) is 2.79. The van der Waals surface area contributed by atoms with Crippen LogP contribution < -0.4 is 0 Å². The molecule has 27 heavy (non-hydrogen) atoms. The van der Waals surface area contributed by atoms with Crippen molar-refractivity contribution in [2.24, 2.45) is 7.05 Å². The molecule has 3 heterocycles. The number of thioether (sulfide) groups is 1. The van der Waals surface area contributed by atoms with E-state index in [0.29, 0.717) is 10.9 Å². The third kappa shape index (κ3) is 3.35. The Morgan fingerprint density at radius 2 is 2.04 bits per heavy atom. The van der Waals surface area contributed by atoms with Gasteiger partial charge < -0.3 is 9.67 Å². The molecule has 1 aromatic carbocycles. The number of aryl methyl sites for hydroxylation is 1. The average molecular weight is 400 g/mol. The van der Waals surface area contributed by atoms with Crippen molar-refractivity contribution in [1.29, 1.82) is 0 Å². The number of rotatable bonds is 6. The standard InChI is InChI=1S/C18H17N5O2S2/c1-11-13-10-14(16-19-20-18(22(16)2)26-9-8-15(24)25)27-17(13)23(21-11)12-6-4-3-5-7-12/h3-7,10H,8-9H2,1-2H3,(H,24,25). The summed E-state index contributed by atoms with van der Waals surface area (Å²) < 4.78 is 3.87. The van der Waals surface area contributed by atoms with Crippen LogP contribution in [-0.4, -0.2) is 41.4 Å². The van der Waals surface area contributed by atoms with Gasteiger partial charge in [0, 0.05) is 18.2 Å². The van der Waals surface area contributed by atoms with E-state index >= 15 is 0 Å². The summed E-state index contributed by atoms with van der Waals surface area (Å²) in [6.07, 6.45) is 0.0991. The van der Waals surface area contributed by atoms with Crippen molar-refractivity contribution in [2.75, 3.05) is 5.75 Å². The van der Waals surface area contributed by atoms with Gasteiger partial charge >= 0.3 is 5.97 Å². The molecule has 4 rings (SSSR count). The van der Waals surface area contributed by atoms with Gasteiger partial charge in [0.25, 0.3) is 0 Å². The number of hydrogen-bond donors (Lipinski definition) is 1. The summed E-state index contributed by atoms with van der Waals surface area (Å²) >= 11 is 3.02. The fraction of sp³-hybridized carbons (Fsp3) is 0.222. The second kappa shape index (κ2) is 7.16. The number of hydrogen-bond acceptors (Lipinski definition) is 6. The molecule has 0 atom stereocenters. The summed E-state index contributed by atoms with van der Waals surface area (Å²) in [6, 6.07) is 12.1. The van der Waals surface area contributed by atoms with Crippen molar-refractivity contribution >= 4 is 39.3 Å². The highest BCUT2D eigenvalue weighted by Gasteiger charge is 2.18. The molecule has 0 fully saturated rings. The summed E-state index contributed by atoms with van der Waals surface area (Å²) in [4.78, 5) is 12.8. The summed E-state index contributed by atoms with van der Waals surface area (Å²) in [5, 5.41) is 23.8. The Morgan fingerprint density at radius 1 is 1.26 bits per heavy atom. The minimum Gasteiger partial charge on any atom is -0.481 e. The topological polar surface area (TPSA) is 85.8 Å². The Kier molecular flexibility index (Phi) is 4.71. The predicted molar refractivity (Wildman–Crippen MR) is 107 cm³/mol. The number of aromatic nitrogens is 5. The second-order valence-corrected chi connectivity index (χ2v) is 8.11. The maximum atomic E-state index is 10.7. The Hall–Kier alpha value is -2.65. The molecule has 0 unspecified atom stereocenters. The first-order chi connectivity index (χ1) is 13.0. The van der Waals surface area contributed by atoms with E-state index in [1.165, 1.54) is 11.8 Å². The van der Waals surface area contributed by atoms with Gasteiger partial charge in [-0.05, 0) is 25.1 Å². The number of aliphatic carboxylic acids is 1. The second-order valence-electron chi connectivity index (χ2n) is 6.02. The first kappa shape index (κ1) is 17.7. The number of carbonyl (C=O) groups is 1. The quantitative estimate of drug-likeness (QED) is 0.497. The number of carboxylic acid groups (broad SMARTS) is 1. The molecule has 9 heteroatoms. The van der Waals surface area contributed by atoms with Gasteiger partial charge in [0.2, 0.25) is 0 Å². The number of para-hydroxylation sites is 1. The summed E-state index contributed by atoms with van der Waals surface area (Å²) in [7, 11) is 1.90. The van der Waals surface area contributed by atoms with Gasteiger partial charge in [-0.15, -0.1) is 21.5 Å². The highest BCUT2D eigenvalue weighted by molar-refractivity contribution is 7.99. The van der Waals surface area contributed by atoms with Crippen LogP contribution in [0.2, 0.25) is 0 Å². The zero-order valence-corrected chi connectivity index (χ0v) is 16.4. The molecule has 3 aromatic heterocycles. The van der Waals surface area contributed by atoms with Gasteiger partial charge in [-0.1, -0.05) is 30.0 Å². The van der Waals surface area contributed by atoms with Crippen LogP contribution in [0.15, 0.2) is 41.6 Å². The molecule has 0 amide bonds. The average Bonchev–Trinajstić information content (AvgIpc) is 3.31. The van der Waals surface area contributed by atoms with Crippen LogP contribution in [0.5, 0.6) is 0 Å². The van der Waals surface area contributed by atoms with Crippen molar-refractivity contribution in [2.45, 2.75) is 18.5 Å². The van der Waals surface area contributed by atoms with Crippen LogP contribution in [-0.2, 0) is 11.8 Å². The van der Waals surface area contributed by atoms with Crippen molar-refractivity contribution in [3.63, 3.8) is 0 Å².